The molecule has 2 aliphatic rings. The van der Waals surface area contributed by atoms with Gasteiger partial charge in [-0.3, -0.25) is 4.79 Å². The Hall–Kier alpha value is -0.450. The van der Waals surface area contributed by atoms with Gasteiger partial charge in [-0.15, -0.1) is 11.8 Å². The number of ether oxygens (including phenoxy) is 1. The first-order chi connectivity index (χ1) is 9.67. The predicted molar refractivity (Wildman–Crippen MR) is 86.0 cm³/mol. The zero-order valence-electron chi connectivity index (χ0n) is 11.8. The number of carbonyl (C=O) groups excluding carboxylic acids is 1. The Morgan fingerprint density at radius 2 is 2.40 bits per heavy atom. The molecule has 4 heteroatoms. The first-order valence-electron chi connectivity index (χ1n) is 7.16. The number of benzene rings is 1. The van der Waals surface area contributed by atoms with Crippen molar-refractivity contribution in [1.29, 1.82) is 0 Å². The second-order valence-corrected chi connectivity index (χ2v) is 8.13. The second-order valence-electron chi connectivity index (χ2n) is 5.65. The first kappa shape index (κ1) is 14.5. The Balaban J connectivity index is 1.68. The van der Waals surface area contributed by atoms with Crippen molar-refractivity contribution in [2.24, 2.45) is 0 Å². The number of hydrogen-bond acceptors (Lipinski definition) is 4. The van der Waals surface area contributed by atoms with Crippen LogP contribution in [0.2, 0.25) is 0 Å². The van der Waals surface area contributed by atoms with Crippen LogP contribution in [0.3, 0.4) is 0 Å². The normalized spacial score (nSPS) is 29.8. The summed E-state index contributed by atoms with van der Waals surface area (Å²) in [4.78, 5) is 12.7. The standard InChI is InChI=1S/C16H20O2S2/c1-12(17)13-3-2-4-14(9-13)20-15-5-7-18-16(10-15)6-8-19-11-16/h2-4,9,15H,5-8,10-11H2,1H3. The Morgan fingerprint density at radius 1 is 1.50 bits per heavy atom. The molecular formula is C16H20O2S2. The predicted octanol–water partition coefficient (Wildman–Crippen LogP) is 4.04. The molecule has 2 atom stereocenters. The van der Waals surface area contributed by atoms with Crippen molar-refractivity contribution < 1.29 is 9.53 Å². The lowest BCUT2D eigenvalue weighted by molar-refractivity contribution is -0.0562. The molecule has 2 heterocycles. The summed E-state index contributed by atoms with van der Waals surface area (Å²) in [5, 5.41) is 0.615. The molecule has 0 N–H and O–H groups in total. The summed E-state index contributed by atoms with van der Waals surface area (Å²) in [5.74, 6) is 2.53. The molecule has 0 amide bonds. The van der Waals surface area contributed by atoms with E-state index >= 15 is 0 Å². The fraction of sp³-hybridized carbons (Fsp3) is 0.562. The third-order valence-electron chi connectivity index (χ3n) is 4.06. The SMILES string of the molecule is CC(=O)c1cccc(SC2CCOC3(CCSC3)C2)c1. The highest BCUT2D eigenvalue weighted by Crippen LogP contribution is 2.43. The van der Waals surface area contributed by atoms with Gasteiger partial charge in [0.2, 0.25) is 0 Å². The molecule has 20 heavy (non-hydrogen) atoms. The Labute approximate surface area is 129 Å². The van der Waals surface area contributed by atoms with Crippen molar-refractivity contribution in [3.63, 3.8) is 0 Å². The lowest BCUT2D eigenvalue weighted by Crippen LogP contribution is -2.40. The van der Waals surface area contributed by atoms with Crippen molar-refractivity contribution in [3.8, 4) is 0 Å². The van der Waals surface area contributed by atoms with Crippen molar-refractivity contribution >= 4 is 29.3 Å². The minimum absolute atomic E-state index is 0.138. The molecule has 1 spiro atoms. The third kappa shape index (κ3) is 3.23. The summed E-state index contributed by atoms with van der Waals surface area (Å²) >= 11 is 3.93. The summed E-state index contributed by atoms with van der Waals surface area (Å²) in [5.41, 5.74) is 0.951. The maximum absolute atomic E-state index is 11.5. The lowest BCUT2D eigenvalue weighted by Gasteiger charge is -2.37. The Morgan fingerprint density at radius 3 is 3.15 bits per heavy atom. The van der Waals surface area contributed by atoms with E-state index < -0.39 is 0 Å². The molecule has 0 bridgehead atoms. The largest absolute Gasteiger partial charge is 0.374 e. The van der Waals surface area contributed by atoms with Gasteiger partial charge in [0, 0.05) is 28.1 Å². The number of hydrogen-bond donors (Lipinski definition) is 0. The molecule has 1 aromatic rings. The molecule has 108 valence electrons. The smallest absolute Gasteiger partial charge is 0.159 e. The Kier molecular flexibility index (Phi) is 4.43. The van der Waals surface area contributed by atoms with E-state index in [1.807, 2.05) is 41.7 Å². The molecule has 0 radical (unpaired) electrons. The minimum atomic E-state index is 0.138. The van der Waals surface area contributed by atoms with E-state index in [-0.39, 0.29) is 11.4 Å². The van der Waals surface area contributed by atoms with Crippen LogP contribution >= 0.6 is 23.5 Å². The summed E-state index contributed by atoms with van der Waals surface area (Å²) in [6.45, 7) is 2.51. The van der Waals surface area contributed by atoms with Crippen LogP contribution in [0.15, 0.2) is 29.2 Å². The summed E-state index contributed by atoms with van der Waals surface area (Å²) in [6, 6.07) is 8.02. The van der Waals surface area contributed by atoms with Crippen LogP contribution in [-0.2, 0) is 4.74 Å². The minimum Gasteiger partial charge on any atom is -0.374 e. The molecule has 2 nitrogen and oxygen atoms in total. The highest BCUT2D eigenvalue weighted by Gasteiger charge is 2.40. The van der Waals surface area contributed by atoms with Crippen LogP contribution in [-0.4, -0.2) is 34.7 Å². The van der Waals surface area contributed by atoms with Crippen LogP contribution in [0.5, 0.6) is 0 Å². The molecule has 2 fully saturated rings. The molecule has 0 aromatic heterocycles. The van der Waals surface area contributed by atoms with Crippen molar-refractivity contribution in [3.05, 3.63) is 29.8 Å². The molecule has 2 aliphatic heterocycles. The van der Waals surface area contributed by atoms with Gasteiger partial charge < -0.3 is 4.74 Å². The first-order valence-corrected chi connectivity index (χ1v) is 9.20. The molecule has 2 unspecified atom stereocenters. The van der Waals surface area contributed by atoms with E-state index in [0.29, 0.717) is 5.25 Å². The number of Topliss-reactive ketones (excluding diaryl/α,β-unsaturated/α-hetero) is 1. The number of thioether (sulfide) groups is 2. The topological polar surface area (TPSA) is 26.3 Å². The van der Waals surface area contributed by atoms with E-state index in [1.165, 1.54) is 17.1 Å². The van der Waals surface area contributed by atoms with Crippen LogP contribution in [0, 0.1) is 0 Å². The maximum Gasteiger partial charge on any atom is 0.159 e. The van der Waals surface area contributed by atoms with Crippen LogP contribution < -0.4 is 0 Å². The fourth-order valence-corrected chi connectivity index (χ4v) is 5.64. The van der Waals surface area contributed by atoms with E-state index in [1.54, 1.807) is 6.92 Å². The second kappa shape index (κ2) is 6.12. The van der Waals surface area contributed by atoms with Gasteiger partial charge in [-0.25, -0.2) is 0 Å². The summed E-state index contributed by atoms with van der Waals surface area (Å²) < 4.78 is 6.07. The van der Waals surface area contributed by atoms with Gasteiger partial charge in [0.25, 0.3) is 0 Å². The van der Waals surface area contributed by atoms with Gasteiger partial charge in [0.15, 0.2) is 5.78 Å². The van der Waals surface area contributed by atoms with Crippen LogP contribution in [0.1, 0.15) is 36.5 Å². The van der Waals surface area contributed by atoms with E-state index in [2.05, 4.69) is 6.07 Å². The average Bonchev–Trinajstić information content (AvgIpc) is 2.87. The highest BCUT2D eigenvalue weighted by molar-refractivity contribution is 8.00. The van der Waals surface area contributed by atoms with Gasteiger partial charge in [0.1, 0.15) is 0 Å². The Bertz CT molecular complexity index is 495. The van der Waals surface area contributed by atoms with E-state index in [0.717, 1.165) is 30.8 Å². The third-order valence-corrected chi connectivity index (χ3v) is 6.54. The molecule has 0 aliphatic carbocycles. The zero-order chi connectivity index (χ0) is 14.0. The van der Waals surface area contributed by atoms with Crippen molar-refractivity contribution in [1.82, 2.24) is 0 Å². The van der Waals surface area contributed by atoms with Crippen molar-refractivity contribution in [2.45, 2.75) is 41.9 Å². The molecule has 2 saturated heterocycles. The van der Waals surface area contributed by atoms with Gasteiger partial charge in [0.05, 0.1) is 5.60 Å². The summed E-state index contributed by atoms with van der Waals surface area (Å²) in [7, 11) is 0. The quantitative estimate of drug-likeness (QED) is 0.787. The van der Waals surface area contributed by atoms with E-state index in [4.69, 9.17) is 4.74 Å². The van der Waals surface area contributed by atoms with Gasteiger partial charge in [-0.05, 0) is 44.1 Å². The van der Waals surface area contributed by atoms with Crippen molar-refractivity contribution in [2.75, 3.05) is 18.1 Å². The van der Waals surface area contributed by atoms with Gasteiger partial charge in [-0.2, -0.15) is 11.8 Å². The van der Waals surface area contributed by atoms with Crippen LogP contribution in [0.4, 0.5) is 0 Å². The number of rotatable bonds is 3. The molecule has 3 rings (SSSR count). The fourth-order valence-electron chi connectivity index (χ4n) is 2.93. The zero-order valence-corrected chi connectivity index (χ0v) is 13.4. The molecule has 0 saturated carbocycles. The van der Waals surface area contributed by atoms with E-state index in [9.17, 15) is 4.79 Å². The summed E-state index contributed by atoms with van der Waals surface area (Å²) in [6.07, 6.45) is 3.46. The van der Waals surface area contributed by atoms with Crippen LogP contribution in [0.25, 0.3) is 0 Å². The number of ketones is 1. The number of carbonyl (C=O) groups is 1. The lowest BCUT2D eigenvalue weighted by atomic mass is 9.93. The molecular weight excluding hydrogens is 288 g/mol. The van der Waals surface area contributed by atoms with Gasteiger partial charge in [-0.1, -0.05) is 12.1 Å². The highest BCUT2D eigenvalue weighted by atomic mass is 32.2. The average molecular weight is 308 g/mol. The monoisotopic (exact) mass is 308 g/mol. The molecule has 1 aromatic carbocycles. The maximum atomic E-state index is 11.5. The van der Waals surface area contributed by atoms with Gasteiger partial charge >= 0.3 is 0 Å².